The van der Waals surface area contributed by atoms with Gasteiger partial charge in [0.25, 0.3) is 5.91 Å². The first kappa shape index (κ1) is 12.9. The third-order valence-corrected chi connectivity index (χ3v) is 2.52. The molecule has 0 saturated carbocycles. The average molecular weight is 283 g/mol. The van der Waals surface area contributed by atoms with Gasteiger partial charge in [-0.3, -0.25) is 20.2 Å². The fourth-order valence-corrected chi connectivity index (χ4v) is 1.59. The van der Waals surface area contributed by atoms with Gasteiger partial charge < -0.3 is 0 Å². The highest BCUT2D eigenvalue weighted by Gasteiger charge is 2.25. The first-order valence-electron chi connectivity index (χ1n) is 4.95. The van der Waals surface area contributed by atoms with E-state index in [1.165, 1.54) is 23.3 Å². The highest BCUT2D eigenvalue weighted by atomic mass is 35.5. The summed E-state index contributed by atoms with van der Waals surface area (Å²) in [5, 5.41) is 16.7. The largest absolute Gasteiger partial charge is 0.319 e. The van der Waals surface area contributed by atoms with Gasteiger partial charge >= 0.3 is 5.69 Å². The maximum atomic E-state index is 12.0. The van der Waals surface area contributed by atoms with Gasteiger partial charge in [0.15, 0.2) is 0 Å². The summed E-state index contributed by atoms with van der Waals surface area (Å²) in [6.45, 7) is 0. The average Bonchev–Trinajstić information content (AvgIpc) is 2.74. The van der Waals surface area contributed by atoms with Crippen molar-refractivity contribution in [3.63, 3.8) is 0 Å². The Morgan fingerprint density at radius 1 is 1.53 bits per heavy atom. The lowest BCUT2D eigenvalue weighted by Crippen LogP contribution is -2.17. The Kier molecular flexibility index (Phi) is 3.38. The van der Waals surface area contributed by atoms with Crippen molar-refractivity contribution in [2.24, 2.45) is 7.05 Å². The third kappa shape index (κ3) is 2.50. The van der Waals surface area contributed by atoms with Gasteiger partial charge in [0.05, 0.1) is 4.92 Å². The molecule has 0 radical (unpaired) electrons. The number of nitrogens with one attached hydrogen (secondary N) is 1. The minimum atomic E-state index is -0.763. The lowest BCUT2D eigenvalue weighted by molar-refractivity contribution is -0.385. The summed E-state index contributed by atoms with van der Waals surface area (Å²) < 4.78 is 1.31. The number of hydrogen-bond donors (Lipinski definition) is 1. The van der Waals surface area contributed by atoms with Gasteiger partial charge in [-0.1, -0.05) is 11.6 Å². The predicted octanol–water partition coefficient (Wildman–Crippen LogP) is 1.02. The first-order chi connectivity index (χ1) is 9.00. The molecule has 0 aromatic carbocycles. The Morgan fingerprint density at radius 2 is 2.26 bits per heavy atom. The second-order valence-electron chi connectivity index (χ2n) is 3.42. The molecule has 2 aromatic rings. The number of anilines is 1. The number of carbonyl (C=O) groups excluding carboxylic acids is 1. The molecule has 0 aliphatic heterocycles. The molecule has 19 heavy (non-hydrogen) atoms. The van der Waals surface area contributed by atoms with E-state index in [0.29, 0.717) is 0 Å². The van der Waals surface area contributed by atoms with E-state index in [9.17, 15) is 14.9 Å². The molecule has 0 saturated heterocycles. The molecule has 1 amide bonds. The van der Waals surface area contributed by atoms with E-state index in [2.05, 4.69) is 20.4 Å². The van der Waals surface area contributed by atoms with Crippen LogP contribution in [0.3, 0.4) is 0 Å². The van der Waals surface area contributed by atoms with Crippen molar-refractivity contribution in [1.82, 2.24) is 19.7 Å². The first-order valence-corrected chi connectivity index (χ1v) is 5.32. The van der Waals surface area contributed by atoms with E-state index in [4.69, 9.17) is 11.6 Å². The van der Waals surface area contributed by atoms with E-state index in [1.54, 1.807) is 7.05 Å². The van der Waals surface area contributed by atoms with Gasteiger partial charge in [-0.25, -0.2) is 9.67 Å². The molecule has 9 nitrogen and oxygen atoms in total. The van der Waals surface area contributed by atoms with Gasteiger partial charge in [0, 0.05) is 13.2 Å². The molecular formula is C9H7ClN6O3. The lowest BCUT2D eigenvalue weighted by atomic mass is 10.2. The standard InChI is InChI=1S/C9H7ClN6O3/c1-15-9(12-4-13-15)14-8(17)5-2-3-11-7(10)6(5)16(18)19/h2-4H,1H3,(H,12,13,14,17). The summed E-state index contributed by atoms with van der Waals surface area (Å²) in [7, 11) is 1.57. The van der Waals surface area contributed by atoms with Crippen molar-refractivity contribution in [1.29, 1.82) is 0 Å². The van der Waals surface area contributed by atoms with E-state index in [1.807, 2.05) is 0 Å². The van der Waals surface area contributed by atoms with E-state index in [0.717, 1.165) is 0 Å². The molecule has 1 N–H and O–H groups in total. The number of nitrogens with zero attached hydrogens (tertiary/aromatic N) is 5. The van der Waals surface area contributed by atoms with E-state index < -0.39 is 16.5 Å². The summed E-state index contributed by atoms with van der Waals surface area (Å²) in [6, 6.07) is 1.20. The van der Waals surface area contributed by atoms with Crippen LogP contribution in [0, 0.1) is 10.1 Å². The fourth-order valence-electron chi connectivity index (χ4n) is 1.36. The third-order valence-electron chi connectivity index (χ3n) is 2.24. The van der Waals surface area contributed by atoms with E-state index >= 15 is 0 Å². The number of hydrogen-bond acceptors (Lipinski definition) is 6. The van der Waals surface area contributed by atoms with E-state index in [-0.39, 0.29) is 16.7 Å². The molecule has 0 bridgehead atoms. The zero-order valence-corrected chi connectivity index (χ0v) is 10.3. The molecule has 0 fully saturated rings. The van der Waals surface area contributed by atoms with Crippen molar-refractivity contribution in [2.75, 3.05) is 5.32 Å². The molecule has 2 aromatic heterocycles. The maximum Gasteiger partial charge on any atom is 0.319 e. The number of carbonyl (C=O) groups is 1. The van der Waals surface area contributed by atoms with Crippen LogP contribution in [-0.4, -0.2) is 30.6 Å². The van der Waals surface area contributed by atoms with Crippen LogP contribution in [0.2, 0.25) is 5.15 Å². The molecule has 0 unspecified atom stereocenters. The summed E-state index contributed by atoms with van der Waals surface area (Å²) in [4.78, 5) is 29.4. The molecular weight excluding hydrogens is 276 g/mol. The quantitative estimate of drug-likeness (QED) is 0.510. The van der Waals surface area contributed by atoms with Crippen molar-refractivity contribution < 1.29 is 9.72 Å². The summed E-state index contributed by atoms with van der Waals surface area (Å²) in [6.07, 6.45) is 2.45. The zero-order valence-electron chi connectivity index (χ0n) is 9.57. The van der Waals surface area contributed by atoms with Gasteiger partial charge in [0.1, 0.15) is 11.9 Å². The normalized spacial score (nSPS) is 10.2. The molecule has 0 aliphatic carbocycles. The monoisotopic (exact) mass is 282 g/mol. The van der Waals surface area contributed by atoms with Crippen LogP contribution in [0.15, 0.2) is 18.6 Å². The summed E-state index contributed by atoms with van der Waals surface area (Å²) in [5.41, 5.74) is -0.753. The lowest BCUT2D eigenvalue weighted by Gasteiger charge is -2.04. The number of rotatable bonds is 3. The fraction of sp³-hybridized carbons (Fsp3) is 0.111. The summed E-state index contributed by atoms with van der Waals surface area (Å²) in [5.74, 6) is -0.556. The highest BCUT2D eigenvalue weighted by Crippen LogP contribution is 2.26. The van der Waals surface area contributed by atoms with Crippen LogP contribution in [0.4, 0.5) is 11.6 Å². The van der Waals surface area contributed by atoms with Crippen LogP contribution >= 0.6 is 11.6 Å². The SMILES string of the molecule is Cn1ncnc1NC(=O)c1ccnc(Cl)c1[N+](=O)[O-]. The van der Waals surface area contributed by atoms with Gasteiger partial charge in [-0.05, 0) is 6.07 Å². The molecule has 0 spiro atoms. The van der Waals surface area contributed by atoms with Crippen LogP contribution in [0.25, 0.3) is 0 Å². The Labute approximate surface area is 111 Å². The second kappa shape index (κ2) is 4.98. The molecule has 98 valence electrons. The number of halogens is 1. The Balaban J connectivity index is 2.37. The molecule has 10 heteroatoms. The summed E-state index contributed by atoms with van der Waals surface area (Å²) >= 11 is 5.62. The second-order valence-corrected chi connectivity index (χ2v) is 3.77. The van der Waals surface area contributed by atoms with Crippen LogP contribution < -0.4 is 5.32 Å². The van der Waals surface area contributed by atoms with Crippen LogP contribution in [0.1, 0.15) is 10.4 Å². The number of pyridine rings is 1. The Morgan fingerprint density at radius 3 is 2.84 bits per heavy atom. The maximum absolute atomic E-state index is 12.0. The molecule has 2 rings (SSSR count). The topological polar surface area (TPSA) is 116 Å². The van der Waals surface area contributed by atoms with Crippen LogP contribution in [0.5, 0.6) is 0 Å². The van der Waals surface area contributed by atoms with Gasteiger partial charge in [0.2, 0.25) is 11.1 Å². The van der Waals surface area contributed by atoms with Crippen molar-refractivity contribution in [3.8, 4) is 0 Å². The highest BCUT2D eigenvalue weighted by molar-refractivity contribution is 6.32. The van der Waals surface area contributed by atoms with Crippen LogP contribution in [-0.2, 0) is 7.05 Å². The smallest absolute Gasteiger partial charge is 0.290 e. The minimum absolute atomic E-state index is 0.159. The number of nitro groups is 1. The minimum Gasteiger partial charge on any atom is -0.290 e. The number of aromatic nitrogens is 4. The van der Waals surface area contributed by atoms with Crippen molar-refractivity contribution >= 4 is 29.1 Å². The Hall–Kier alpha value is -2.55. The zero-order chi connectivity index (χ0) is 14.0. The predicted molar refractivity (Wildman–Crippen MR) is 64.9 cm³/mol. The van der Waals surface area contributed by atoms with Crippen molar-refractivity contribution in [2.45, 2.75) is 0 Å². The molecule has 0 atom stereocenters. The van der Waals surface area contributed by atoms with Gasteiger partial charge in [-0.2, -0.15) is 10.1 Å². The van der Waals surface area contributed by atoms with Crippen molar-refractivity contribution in [3.05, 3.63) is 39.4 Å². The molecule has 0 aliphatic rings. The number of aryl methyl sites for hydroxylation is 1. The number of amides is 1. The van der Waals surface area contributed by atoms with Gasteiger partial charge in [-0.15, -0.1) is 0 Å². The molecule has 2 heterocycles. The Bertz CT molecular complexity index is 655.